The summed E-state index contributed by atoms with van der Waals surface area (Å²) in [5.41, 5.74) is -5.00. The van der Waals surface area contributed by atoms with Gasteiger partial charge in [-0.05, 0) is 36.5 Å². The highest BCUT2D eigenvalue weighted by molar-refractivity contribution is 6.32. The van der Waals surface area contributed by atoms with Crippen LogP contribution in [0.4, 0.5) is 27.6 Å². The van der Waals surface area contributed by atoms with Crippen LogP contribution in [-0.2, 0) is 5.41 Å². The van der Waals surface area contributed by atoms with Crippen molar-refractivity contribution >= 4 is 34.4 Å². The van der Waals surface area contributed by atoms with Crippen molar-refractivity contribution in [2.45, 2.75) is 44.4 Å². The van der Waals surface area contributed by atoms with Crippen molar-refractivity contribution < 1.29 is 31.8 Å². The lowest BCUT2D eigenvalue weighted by Gasteiger charge is -2.35. The number of nitrogens with zero attached hydrogens (tertiary/aromatic N) is 3. The van der Waals surface area contributed by atoms with Gasteiger partial charge in [-0.1, -0.05) is 31.5 Å². The Kier molecular flexibility index (Phi) is 6.87. The Morgan fingerprint density at radius 3 is 2.47 bits per heavy atom. The molecule has 0 amide bonds. The van der Waals surface area contributed by atoms with Gasteiger partial charge in [-0.15, -0.1) is 0 Å². The number of aryl methyl sites for hydroxylation is 1. The highest BCUT2D eigenvalue weighted by atomic mass is 35.5. The number of methoxy groups -OCH3 is 1. The molecule has 1 N–H and O–H groups in total. The average Bonchev–Trinajstić information content (AvgIpc) is 2.74. The van der Waals surface area contributed by atoms with Crippen LogP contribution in [0.5, 0.6) is 5.75 Å². The predicted octanol–water partition coefficient (Wildman–Crippen LogP) is 6.24. The molecule has 5 nitrogen and oxygen atoms in total. The number of halogens is 6. The van der Waals surface area contributed by atoms with Gasteiger partial charge in [-0.3, -0.25) is 4.99 Å². The standard InChI is InChI=1S/C23H21ClF5N3O2/c1-12-30-9-14-17(8-16(25)19(26)20(14)32-12)31-11-22(33,23(27,28)29)10-21(2,3)13-5-6-15(24)18(7-13)34-4/h5-9,11,33H,10H2,1-4H3/b31-11+. The van der Waals surface area contributed by atoms with Crippen LogP contribution in [0.15, 0.2) is 35.5 Å². The fraction of sp³-hybridized carbons (Fsp3) is 0.348. The van der Waals surface area contributed by atoms with E-state index >= 15 is 0 Å². The highest BCUT2D eigenvalue weighted by Crippen LogP contribution is 2.42. The molecule has 0 saturated carbocycles. The minimum absolute atomic E-state index is 0.105. The molecule has 11 heteroatoms. The molecule has 1 aromatic heterocycles. The molecule has 3 aromatic rings. The normalized spacial score (nSPS) is 14.6. The number of aliphatic hydroxyl groups is 1. The maximum atomic E-state index is 14.2. The van der Waals surface area contributed by atoms with Crippen molar-refractivity contribution in [1.82, 2.24) is 9.97 Å². The van der Waals surface area contributed by atoms with Crippen molar-refractivity contribution in [3.8, 4) is 5.75 Å². The molecule has 0 aliphatic rings. The van der Waals surface area contributed by atoms with Gasteiger partial charge in [0, 0.05) is 23.9 Å². The Morgan fingerprint density at radius 1 is 1.18 bits per heavy atom. The molecule has 0 aliphatic carbocycles. The van der Waals surface area contributed by atoms with E-state index in [0.29, 0.717) is 11.6 Å². The van der Waals surface area contributed by atoms with Crippen LogP contribution in [-0.4, -0.2) is 40.2 Å². The van der Waals surface area contributed by atoms with E-state index in [2.05, 4.69) is 15.0 Å². The molecule has 3 rings (SSSR count). The summed E-state index contributed by atoms with van der Waals surface area (Å²) in [7, 11) is 1.37. The molecule has 0 saturated heterocycles. The number of hydrogen-bond acceptors (Lipinski definition) is 5. The maximum absolute atomic E-state index is 14.2. The lowest BCUT2D eigenvalue weighted by atomic mass is 9.75. The first-order valence-electron chi connectivity index (χ1n) is 9.98. The van der Waals surface area contributed by atoms with Crippen molar-refractivity contribution in [3.05, 3.63) is 58.5 Å². The molecular weight excluding hydrogens is 481 g/mol. The second-order valence-corrected chi connectivity index (χ2v) is 8.87. The monoisotopic (exact) mass is 501 g/mol. The zero-order valence-electron chi connectivity index (χ0n) is 18.6. The van der Waals surface area contributed by atoms with Gasteiger partial charge in [0.25, 0.3) is 0 Å². The topological polar surface area (TPSA) is 67.6 Å². The van der Waals surface area contributed by atoms with Gasteiger partial charge in [-0.2, -0.15) is 13.2 Å². The van der Waals surface area contributed by atoms with Crippen LogP contribution < -0.4 is 4.74 Å². The van der Waals surface area contributed by atoms with Gasteiger partial charge < -0.3 is 9.84 Å². The minimum atomic E-state index is -5.13. The summed E-state index contributed by atoms with van der Waals surface area (Å²) in [6.07, 6.45) is -4.56. The van der Waals surface area contributed by atoms with E-state index in [-0.39, 0.29) is 33.9 Å². The van der Waals surface area contributed by atoms with E-state index in [4.69, 9.17) is 16.3 Å². The smallest absolute Gasteiger partial charge is 0.422 e. The van der Waals surface area contributed by atoms with E-state index in [1.165, 1.54) is 46.1 Å². The molecule has 1 heterocycles. The summed E-state index contributed by atoms with van der Waals surface area (Å²) in [6.45, 7) is 4.45. The van der Waals surface area contributed by atoms with Crippen molar-refractivity contribution in [2.24, 2.45) is 4.99 Å². The third-order valence-corrected chi connectivity index (χ3v) is 5.73. The van der Waals surface area contributed by atoms with Crippen LogP contribution in [0.3, 0.4) is 0 Å². The van der Waals surface area contributed by atoms with Crippen molar-refractivity contribution in [2.75, 3.05) is 7.11 Å². The lowest BCUT2D eigenvalue weighted by Crippen LogP contribution is -2.50. The molecule has 182 valence electrons. The predicted molar refractivity (Wildman–Crippen MR) is 119 cm³/mol. The van der Waals surface area contributed by atoms with Gasteiger partial charge in [0.05, 0.1) is 17.8 Å². The lowest BCUT2D eigenvalue weighted by molar-refractivity contribution is -0.234. The quantitative estimate of drug-likeness (QED) is 0.320. The highest BCUT2D eigenvalue weighted by Gasteiger charge is 2.55. The van der Waals surface area contributed by atoms with E-state index in [1.54, 1.807) is 0 Å². The number of fused-ring (bicyclic) bond motifs is 1. The second-order valence-electron chi connectivity index (χ2n) is 8.46. The van der Waals surface area contributed by atoms with Gasteiger partial charge in [0.2, 0.25) is 0 Å². The summed E-state index contributed by atoms with van der Waals surface area (Å²) in [6, 6.07) is 5.12. The van der Waals surface area contributed by atoms with Crippen LogP contribution in [0.25, 0.3) is 10.9 Å². The Bertz CT molecular complexity index is 1260. The number of alkyl halides is 3. The van der Waals surface area contributed by atoms with Gasteiger partial charge in [-0.25, -0.2) is 18.7 Å². The van der Waals surface area contributed by atoms with Gasteiger partial charge in [0.1, 0.15) is 17.1 Å². The number of aliphatic imine (C=N–C) groups is 1. The molecule has 0 fully saturated rings. The Hall–Kier alpha value is -2.85. The van der Waals surface area contributed by atoms with E-state index < -0.39 is 40.8 Å². The molecule has 34 heavy (non-hydrogen) atoms. The van der Waals surface area contributed by atoms with E-state index in [0.717, 1.165) is 6.20 Å². The molecule has 1 atom stereocenters. The average molecular weight is 502 g/mol. The largest absolute Gasteiger partial charge is 0.495 e. The Balaban J connectivity index is 2.07. The molecule has 1 unspecified atom stereocenters. The fourth-order valence-electron chi connectivity index (χ4n) is 3.56. The van der Waals surface area contributed by atoms with E-state index in [9.17, 15) is 27.1 Å². The van der Waals surface area contributed by atoms with Crippen molar-refractivity contribution in [3.63, 3.8) is 0 Å². The van der Waals surface area contributed by atoms with Crippen LogP contribution in [0, 0.1) is 18.6 Å². The molecule has 0 aliphatic heterocycles. The number of aromatic nitrogens is 2. The van der Waals surface area contributed by atoms with Crippen LogP contribution in [0.2, 0.25) is 5.02 Å². The second kappa shape index (κ2) is 9.07. The fourth-order valence-corrected chi connectivity index (χ4v) is 3.75. The summed E-state index contributed by atoms with van der Waals surface area (Å²) in [5, 5.41) is 10.9. The molecule has 0 bridgehead atoms. The number of hydrogen-bond donors (Lipinski definition) is 1. The summed E-state index contributed by atoms with van der Waals surface area (Å²) in [5.74, 6) is -2.22. The molecule has 2 aromatic carbocycles. The Morgan fingerprint density at radius 2 is 1.85 bits per heavy atom. The van der Waals surface area contributed by atoms with Gasteiger partial charge >= 0.3 is 6.18 Å². The zero-order chi connectivity index (χ0) is 25.5. The number of benzene rings is 2. The first-order chi connectivity index (χ1) is 15.7. The first-order valence-corrected chi connectivity index (χ1v) is 10.4. The van der Waals surface area contributed by atoms with Crippen LogP contribution >= 0.6 is 11.6 Å². The van der Waals surface area contributed by atoms with Crippen molar-refractivity contribution in [1.29, 1.82) is 0 Å². The summed E-state index contributed by atoms with van der Waals surface area (Å²) in [4.78, 5) is 11.4. The molecular formula is C23H21ClF5N3O2. The third kappa shape index (κ3) is 4.97. The third-order valence-electron chi connectivity index (χ3n) is 5.42. The SMILES string of the molecule is COc1cc(C(C)(C)CC(O)(/C=N/c2cc(F)c(F)c3nc(C)ncc23)C(F)(F)F)ccc1Cl. The minimum Gasteiger partial charge on any atom is -0.495 e. The zero-order valence-corrected chi connectivity index (χ0v) is 19.4. The summed E-state index contributed by atoms with van der Waals surface area (Å²) < 4.78 is 75.4. The summed E-state index contributed by atoms with van der Waals surface area (Å²) >= 11 is 6.01. The number of ether oxygens (including phenoxy) is 1. The molecule has 0 spiro atoms. The Labute approximate surface area is 197 Å². The van der Waals surface area contributed by atoms with Crippen LogP contribution in [0.1, 0.15) is 31.7 Å². The van der Waals surface area contributed by atoms with Gasteiger partial charge in [0.15, 0.2) is 17.2 Å². The van der Waals surface area contributed by atoms with E-state index in [1.807, 2.05) is 0 Å². The number of rotatable bonds is 6. The maximum Gasteiger partial charge on any atom is 0.422 e. The first kappa shape index (κ1) is 25.8. The molecule has 0 radical (unpaired) electrons.